The number of benzene rings is 2. The summed E-state index contributed by atoms with van der Waals surface area (Å²) in [5, 5.41) is 10.1. The first kappa shape index (κ1) is 16.6. The summed E-state index contributed by atoms with van der Waals surface area (Å²) in [5.41, 5.74) is 1.79. The molecular formula is C18H16ClN3OS. The second-order valence-corrected chi connectivity index (χ2v) is 6.31. The third-order valence-corrected chi connectivity index (χ3v) is 4.66. The minimum absolute atomic E-state index is 0.639. The fraction of sp³-hybridized carbons (Fsp3) is 0.111. The number of rotatable bonds is 6. The lowest BCUT2D eigenvalue weighted by atomic mass is 10.2. The molecule has 4 nitrogen and oxygen atoms in total. The first-order valence-corrected chi connectivity index (χ1v) is 8.69. The minimum Gasteiger partial charge on any atom is -0.497 e. The van der Waals surface area contributed by atoms with Crippen molar-refractivity contribution in [2.45, 2.75) is 5.16 Å². The van der Waals surface area contributed by atoms with Gasteiger partial charge in [0.2, 0.25) is 0 Å². The van der Waals surface area contributed by atoms with Gasteiger partial charge >= 0.3 is 0 Å². The van der Waals surface area contributed by atoms with E-state index in [-0.39, 0.29) is 0 Å². The van der Waals surface area contributed by atoms with Gasteiger partial charge in [-0.15, -0.1) is 16.8 Å². The molecule has 1 aromatic heterocycles. The normalized spacial score (nSPS) is 10.6. The van der Waals surface area contributed by atoms with Gasteiger partial charge in [-0.3, -0.25) is 4.57 Å². The lowest BCUT2D eigenvalue weighted by Crippen LogP contribution is -2.00. The summed E-state index contributed by atoms with van der Waals surface area (Å²) in [6.45, 7) is 3.76. The highest BCUT2D eigenvalue weighted by atomic mass is 35.5. The van der Waals surface area contributed by atoms with E-state index in [1.807, 2.05) is 59.2 Å². The SMILES string of the molecule is C=CCSc1nnc(-c2ccccc2Cl)n1-c1ccc(OC)cc1. The Balaban J connectivity index is 2.14. The zero-order valence-electron chi connectivity index (χ0n) is 13.1. The van der Waals surface area contributed by atoms with Crippen LogP contribution in [0.2, 0.25) is 5.02 Å². The number of thioether (sulfide) groups is 1. The summed E-state index contributed by atoms with van der Waals surface area (Å²) >= 11 is 7.93. The number of halogens is 1. The van der Waals surface area contributed by atoms with Crippen molar-refractivity contribution in [2.75, 3.05) is 12.9 Å². The highest BCUT2D eigenvalue weighted by Crippen LogP contribution is 2.32. The molecule has 0 amide bonds. The first-order valence-electron chi connectivity index (χ1n) is 7.33. The van der Waals surface area contributed by atoms with Crippen molar-refractivity contribution in [2.24, 2.45) is 0 Å². The van der Waals surface area contributed by atoms with Gasteiger partial charge < -0.3 is 4.74 Å². The maximum atomic E-state index is 6.36. The molecule has 0 aliphatic heterocycles. The summed E-state index contributed by atoms with van der Waals surface area (Å²) in [4.78, 5) is 0. The first-order chi connectivity index (χ1) is 11.7. The molecule has 0 bridgehead atoms. The van der Waals surface area contributed by atoms with Crippen LogP contribution in [0, 0.1) is 0 Å². The van der Waals surface area contributed by atoms with Gasteiger partial charge in [-0.05, 0) is 36.4 Å². The highest BCUT2D eigenvalue weighted by Gasteiger charge is 2.17. The van der Waals surface area contributed by atoms with E-state index in [9.17, 15) is 0 Å². The van der Waals surface area contributed by atoms with Gasteiger partial charge in [0.25, 0.3) is 0 Å². The Kier molecular flexibility index (Phi) is 5.23. The number of ether oxygens (including phenoxy) is 1. The number of nitrogens with zero attached hydrogens (tertiary/aromatic N) is 3. The van der Waals surface area contributed by atoms with Crippen LogP contribution in [0.5, 0.6) is 5.75 Å². The zero-order valence-corrected chi connectivity index (χ0v) is 14.7. The molecule has 0 saturated heterocycles. The Labute approximate surface area is 150 Å². The molecule has 0 spiro atoms. The van der Waals surface area contributed by atoms with Gasteiger partial charge in [0, 0.05) is 17.0 Å². The van der Waals surface area contributed by atoms with Gasteiger partial charge in [-0.25, -0.2) is 0 Å². The van der Waals surface area contributed by atoms with Crippen LogP contribution in [-0.4, -0.2) is 27.6 Å². The molecule has 0 radical (unpaired) electrons. The number of hydrogen-bond acceptors (Lipinski definition) is 4. The minimum atomic E-state index is 0.639. The number of hydrogen-bond donors (Lipinski definition) is 0. The van der Waals surface area contributed by atoms with Crippen LogP contribution >= 0.6 is 23.4 Å². The zero-order chi connectivity index (χ0) is 16.9. The van der Waals surface area contributed by atoms with E-state index in [4.69, 9.17) is 16.3 Å². The van der Waals surface area contributed by atoms with E-state index in [0.29, 0.717) is 10.8 Å². The fourth-order valence-corrected chi connectivity index (χ4v) is 3.18. The monoisotopic (exact) mass is 357 g/mol. The summed E-state index contributed by atoms with van der Waals surface area (Å²) in [6, 6.07) is 15.4. The lowest BCUT2D eigenvalue weighted by molar-refractivity contribution is 0.414. The van der Waals surface area contributed by atoms with E-state index in [2.05, 4.69) is 16.8 Å². The molecule has 0 saturated carbocycles. The highest BCUT2D eigenvalue weighted by molar-refractivity contribution is 7.99. The van der Waals surface area contributed by atoms with Gasteiger partial charge in [0.1, 0.15) is 5.75 Å². The molecule has 0 N–H and O–H groups in total. The number of methoxy groups -OCH3 is 1. The van der Waals surface area contributed by atoms with Crippen molar-refractivity contribution in [3.8, 4) is 22.8 Å². The number of aromatic nitrogens is 3. The Hall–Kier alpha value is -2.24. The second-order valence-electron chi connectivity index (χ2n) is 4.92. The molecule has 0 unspecified atom stereocenters. The summed E-state index contributed by atoms with van der Waals surface area (Å²) in [5.74, 6) is 2.25. The Morgan fingerprint density at radius 2 is 1.92 bits per heavy atom. The van der Waals surface area contributed by atoms with Gasteiger partial charge in [0.05, 0.1) is 12.1 Å². The molecule has 0 atom stereocenters. The van der Waals surface area contributed by atoms with Crippen LogP contribution < -0.4 is 4.74 Å². The topological polar surface area (TPSA) is 39.9 Å². The van der Waals surface area contributed by atoms with Crippen LogP contribution in [0.3, 0.4) is 0 Å². The van der Waals surface area contributed by atoms with Crippen molar-refractivity contribution in [3.05, 3.63) is 66.2 Å². The van der Waals surface area contributed by atoms with Crippen LogP contribution in [0.1, 0.15) is 0 Å². The second kappa shape index (κ2) is 7.55. The quantitative estimate of drug-likeness (QED) is 0.466. The van der Waals surface area contributed by atoms with Gasteiger partial charge in [-0.2, -0.15) is 0 Å². The molecule has 1 heterocycles. The summed E-state index contributed by atoms with van der Waals surface area (Å²) in [6.07, 6.45) is 1.84. The Morgan fingerprint density at radius 1 is 1.17 bits per heavy atom. The largest absolute Gasteiger partial charge is 0.497 e. The average Bonchev–Trinajstić information content (AvgIpc) is 3.04. The average molecular weight is 358 g/mol. The van der Waals surface area contributed by atoms with Crippen molar-refractivity contribution in [1.29, 1.82) is 0 Å². The van der Waals surface area contributed by atoms with E-state index in [0.717, 1.165) is 27.9 Å². The molecule has 122 valence electrons. The molecule has 3 rings (SSSR count). The van der Waals surface area contributed by atoms with Crippen LogP contribution in [0.4, 0.5) is 0 Å². The van der Waals surface area contributed by atoms with Crippen molar-refractivity contribution in [1.82, 2.24) is 14.8 Å². The van der Waals surface area contributed by atoms with Crippen molar-refractivity contribution >= 4 is 23.4 Å². The third-order valence-electron chi connectivity index (χ3n) is 3.41. The summed E-state index contributed by atoms with van der Waals surface area (Å²) < 4.78 is 7.23. The molecule has 6 heteroatoms. The molecular weight excluding hydrogens is 342 g/mol. The van der Waals surface area contributed by atoms with Crippen LogP contribution in [0.15, 0.2) is 66.3 Å². The van der Waals surface area contributed by atoms with Crippen LogP contribution in [0.25, 0.3) is 17.1 Å². The Bertz CT molecular complexity index is 846. The van der Waals surface area contributed by atoms with Crippen molar-refractivity contribution in [3.63, 3.8) is 0 Å². The molecule has 0 fully saturated rings. The lowest BCUT2D eigenvalue weighted by Gasteiger charge is -2.11. The van der Waals surface area contributed by atoms with Crippen LogP contribution in [-0.2, 0) is 0 Å². The smallest absolute Gasteiger partial charge is 0.196 e. The predicted molar refractivity (Wildman–Crippen MR) is 99.3 cm³/mol. The van der Waals surface area contributed by atoms with E-state index < -0.39 is 0 Å². The van der Waals surface area contributed by atoms with E-state index in [1.54, 1.807) is 18.9 Å². The molecule has 0 aliphatic carbocycles. The maximum absolute atomic E-state index is 6.36. The molecule has 0 aliphatic rings. The fourth-order valence-electron chi connectivity index (χ4n) is 2.28. The predicted octanol–water partition coefficient (Wildman–Crippen LogP) is 4.87. The van der Waals surface area contributed by atoms with Gasteiger partial charge in [-0.1, -0.05) is 41.6 Å². The Morgan fingerprint density at radius 3 is 2.58 bits per heavy atom. The van der Waals surface area contributed by atoms with Gasteiger partial charge in [0.15, 0.2) is 11.0 Å². The van der Waals surface area contributed by atoms with E-state index >= 15 is 0 Å². The summed E-state index contributed by atoms with van der Waals surface area (Å²) in [7, 11) is 1.65. The van der Waals surface area contributed by atoms with Crippen molar-refractivity contribution < 1.29 is 4.74 Å². The molecule has 3 aromatic rings. The molecule has 24 heavy (non-hydrogen) atoms. The third kappa shape index (κ3) is 3.32. The van der Waals surface area contributed by atoms with E-state index in [1.165, 1.54) is 0 Å². The maximum Gasteiger partial charge on any atom is 0.196 e. The molecule has 2 aromatic carbocycles. The standard InChI is InChI=1S/C18H16ClN3OS/c1-3-12-24-18-21-20-17(15-6-4-5-7-16(15)19)22(18)13-8-10-14(23-2)11-9-13/h3-11H,1,12H2,2H3.